The maximum atomic E-state index is 13.5. The maximum absolute atomic E-state index is 13.5. The van der Waals surface area contributed by atoms with Crippen LogP contribution in [-0.4, -0.2) is 25.7 Å². The topological polar surface area (TPSA) is 56.9 Å². The largest absolute Gasteiger partial charge is 0.318 e. The third-order valence-corrected chi connectivity index (χ3v) is 8.97. The van der Waals surface area contributed by atoms with Gasteiger partial charge in [-0.25, -0.2) is 9.37 Å². The molecule has 4 aromatic rings. The maximum Gasteiger partial charge on any atom is 0.263 e. The van der Waals surface area contributed by atoms with Crippen LogP contribution in [0.5, 0.6) is 0 Å². The van der Waals surface area contributed by atoms with Gasteiger partial charge in [0.05, 0.1) is 11.1 Å². The number of benzene rings is 1. The predicted molar refractivity (Wildman–Crippen MR) is 146 cm³/mol. The van der Waals surface area contributed by atoms with Crippen molar-refractivity contribution in [2.45, 2.75) is 51.7 Å². The average Bonchev–Trinajstić information content (AvgIpc) is 3.36. The molecule has 0 bridgehead atoms. The van der Waals surface area contributed by atoms with Crippen LogP contribution < -0.4 is 5.56 Å². The lowest BCUT2D eigenvalue weighted by Gasteiger charge is -2.17. The molecule has 1 aliphatic carbocycles. The summed E-state index contributed by atoms with van der Waals surface area (Å²) in [5.41, 5.74) is 4.23. The zero-order valence-corrected chi connectivity index (χ0v) is 22.3. The molecule has 5 rings (SSSR count). The van der Waals surface area contributed by atoms with Gasteiger partial charge in [0.2, 0.25) is 0 Å². The smallest absolute Gasteiger partial charge is 0.263 e. The fourth-order valence-electron chi connectivity index (χ4n) is 5.05. The van der Waals surface area contributed by atoms with Gasteiger partial charge in [-0.15, -0.1) is 17.9 Å². The molecule has 1 aromatic carbocycles. The molecule has 3 aromatic heterocycles. The standard InChI is InChI=1S/C28H28FN3O2S2/c1-5-12-31-27(34)25-21-11-6-16(2)13-24(21)36-26(25)30-28(31)35-15-23(33)22-14-17(3)32(18(22)4)20-9-7-19(29)8-10-20/h5,7-10,14,16H,1,6,11-13,15H2,2-4H3/t16-/m1/s1. The Morgan fingerprint density at radius 3 is 2.78 bits per heavy atom. The molecule has 0 saturated heterocycles. The number of carbonyl (C=O) groups excluding carboxylic acids is 1. The van der Waals surface area contributed by atoms with E-state index in [2.05, 4.69) is 13.5 Å². The summed E-state index contributed by atoms with van der Waals surface area (Å²) in [6.07, 6.45) is 4.68. The van der Waals surface area contributed by atoms with Gasteiger partial charge in [-0.05, 0) is 74.9 Å². The van der Waals surface area contributed by atoms with Crippen LogP contribution in [0.15, 0.2) is 52.9 Å². The van der Waals surface area contributed by atoms with Gasteiger partial charge in [0.1, 0.15) is 10.6 Å². The van der Waals surface area contributed by atoms with Gasteiger partial charge in [-0.2, -0.15) is 0 Å². The van der Waals surface area contributed by atoms with Gasteiger partial charge in [-0.1, -0.05) is 24.8 Å². The fourth-order valence-corrected chi connectivity index (χ4v) is 7.36. The van der Waals surface area contributed by atoms with E-state index in [-0.39, 0.29) is 22.9 Å². The second-order valence-electron chi connectivity index (χ2n) is 9.44. The Morgan fingerprint density at radius 2 is 2.06 bits per heavy atom. The molecule has 0 saturated carbocycles. The highest BCUT2D eigenvalue weighted by Gasteiger charge is 2.25. The van der Waals surface area contributed by atoms with Crippen LogP contribution in [0.1, 0.15) is 45.5 Å². The zero-order valence-electron chi connectivity index (χ0n) is 20.6. The van der Waals surface area contributed by atoms with Crippen LogP contribution in [-0.2, 0) is 19.4 Å². The summed E-state index contributed by atoms with van der Waals surface area (Å²) >= 11 is 2.91. The number of aryl methyl sites for hydroxylation is 2. The molecule has 1 atom stereocenters. The van der Waals surface area contributed by atoms with Crippen LogP contribution in [0, 0.1) is 25.6 Å². The minimum absolute atomic E-state index is 0.0414. The molecule has 0 N–H and O–H groups in total. The Balaban J connectivity index is 1.45. The fraction of sp³-hybridized carbons (Fsp3) is 0.321. The number of thiophene rings is 1. The van der Waals surface area contributed by atoms with E-state index < -0.39 is 0 Å². The summed E-state index contributed by atoms with van der Waals surface area (Å²) in [5, 5.41) is 1.28. The zero-order chi connectivity index (χ0) is 25.6. The first-order valence-corrected chi connectivity index (χ1v) is 13.9. The molecule has 0 aliphatic heterocycles. The SMILES string of the molecule is C=CCn1c(SCC(=O)c2cc(C)n(-c3ccc(F)cc3)c2C)nc2sc3c(c2c1=O)CC[C@@H](C)C3. The third-order valence-electron chi connectivity index (χ3n) is 6.84. The molecular formula is C28H28FN3O2S2. The van der Waals surface area contributed by atoms with Crippen molar-refractivity contribution >= 4 is 39.1 Å². The van der Waals surface area contributed by atoms with Gasteiger partial charge in [0.25, 0.3) is 5.56 Å². The van der Waals surface area contributed by atoms with Crippen LogP contribution in [0.3, 0.4) is 0 Å². The number of halogens is 1. The highest BCUT2D eigenvalue weighted by Crippen LogP contribution is 2.36. The molecule has 36 heavy (non-hydrogen) atoms. The lowest BCUT2D eigenvalue weighted by molar-refractivity contribution is 0.102. The van der Waals surface area contributed by atoms with E-state index in [1.165, 1.54) is 28.8 Å². The number of thioether (sulfide) groups is 1. The Bertz CT molecular complexity index is 1550. The average molecular weight is 522 g/mol. The molecule has 0 spiro atoms. The molecule has 0 amide bonds. The van der Waals surface area contributed by atoms with E-state index in [0.717, 1.165) is 52.1 Å². The molecule has 0 fully saturated rings. The van der Waals surface area contributed by atoms with Gasteiger partial charge < -0.3 is 4.57 Å². The van der Waals surface area contributed by atoms with E-state index in [1.807, 2.05) is 24.5 Å². The number of Topliss-reactive ketones (excluding diaryl/α,β-unsaturated/α-hetero) is 1. The first-order chi connectivity index (χ1) is 17.3. The van der Waals surface area contributed by atoms with Crippen LogP contribution in [0.25, 0.3) is 15.9 Å². The van der Waals surface area contributed by atoms with Crippen molar-refractivity contribution in [1.29, 1.82) is 0 Å². The molecule has 8 heteroatoms. The molecule has 1 aliphatic rings. The molecule has 0 radical (unpaired) electrons. The number of fused-ring (bicyclic) bond motifs is 3. The number of aromatic nitrogens is 3. The number of ketones is 1. The van der Waals surface area contributed by atoms with Crippen LogP contribution in [0.2, 0.25) is 0 Å². The van der Waals surface area contributed by atoms with Gasteiger partial charge in [0, 0.05) is 34.1 Å². The van der Waals surface area contributed by atoms with Crippen molar-refractivity contribution in [3.8, 4) is 5.69 Å². The monoisotopic (exact) mass is 521 g/mol. The van der Waals surface area contributed by atoms with Crippen molar-refractivity contribution in [1.82, 2.24) is 14.1 Å². The number of carbonyl (C=O) groups is 1. The van der Waals surface area contributed by atoms with Crippen LogP contribution >= 0.6 is 23.1 Å². The van der Waals surface area contributed by atoms with Gasteiger partial charge in [0.15, 0.2) is 10.9 Å². The summed E-state index contributed by atoms with van der Waals surface area (Å²) < 4.78 is 17.0. The third kappa shape index (κ3) is 4.37. The Kier molecular flexibility index (Phi) is 6.74. The minimum atomic E-state index is -0.301. The predicted octanol–water partition coefficient (Wildman–Crippen LogP) is 6.29. The van der Waals surface area contributed by atoms with Gasteiger partial charge >= 0.3 is 0 Å². The van der Waals surface area contributed by atoms with Crippen molar-refractivity contribution in [2.75, 3.05) is 5.75 Å². The highest BCUT2D eigenvalue weighted by atomic mass is 32.2. The van der Waals surface area contributed by atoms with Crippen LogP contribution in [0.4, 0.5) is 4.39 Å². The highest BCUT2D eigenvalue weighted by molar-refractivity contribution is 7.99. The molecule has 186 valence electrons. The molecular weight excluding hydrogens is 493 g/mol. The number of allylic oxidation sites excluding steroid dienone is 1. The van der Waals surface area contributed by atoms with E-state index >= 15 is 0 Å². The van der Waals surface area contributed by atoms with E-state index in [9.17, 15) is 14.0 Å². The minimum Gasteiger partial charge on any atom is -0.318 e. The van der Waals surface area contributed by atoms with Crippen molar-refractivity contribution in [3.05, 3.63) is 86.5 Å². The van der Waals surface area contributed by atoms with Crippen molar-refractivity contribution in [2.24, 2.45) is 5.92 Å². The Hall–Kier alpha value is -2.97. The van der Waals surface area contributed by atoms with E-state index in [1.54, 1.807) is 34.1 Å². The van der Waals surface area contributed by atoms with Crippen molar-refractivity contribution in [3.63, 3.8) is 0 Å². The normalized spacial score (nSPS) is 15.3. The number of hydrogen-bond acceptors (Lipinski definition) is 5. The lowest BCUT2D eigenvalue weighted by atomic mass is 9.89. The summed E-state index contributed by atoms with van der Waals surface area (Å²) in [4.78, 5) is 33.7. The molecule has 0 unspecified atom stereocenters. The first kappa shape index (κ1) is 24.7. The second-order valence-corrected chi connectivity index (χ2v) is 11.5. The molecule has 5 nitrogen and oxygen atoms in total. The quantitative estimate of drug-likeness (QED) is 0.124. The second kappa shape index (κ2) is 9.82. The molecule has 3 heterocycles. The van der Waals surface area contributed by atoms with E-state index in [4.69, 9.17) is 4.98 Å². The first-order valence-electron chi connectivity index (χ1n) is 12.0. The number of hydrogen-bond donors (Lipinski definition) is 0. The van der Waals surface area contributed by atoms with Gasteiger partial charge in [-0.3, -0.25) is 14.2 Å². The summed E-state index contributed by atoms with van der Waals surface area (Å²) in [6.45, 7) is 10.2. The summed E-state index contributed by atoms with van der Waals surface area (Å²) in [7, 11) is 0. The Labute approximate surface area is 217 Å². The summed E-state index contributed by atoms with van der Waals surface area (Å²) in [6, 6.07) is 8.09. The Morgan fingerprint density at radius 1 is 1.31 bits per heavy atom. The number of rotatable bonds is 7. The van der Waals surface area contributed by atoms with E-state index in [0.29, 0.717) is 23.2 Å². The number of nitrogens with zero attached hydrogens (tertiary/aromatic N) is 3. The summed E-state index contributed by atoms with van der Waals surface area (Å²) in [5.74, 6) is 0.428. The lowest BCUT2D eigenvalue weighted by Crippen LogP contribution is -2.24. The van der Waals surface area contributed by atoms with Crippen molar-refractivity contribution < 1.29 is 9.18 Å².